The predicted molar refractivity (Wildman–Crippen MR) is 78.5 cm³/mol. The van der Waals surface area contributed by atoms with Crippen LogP contribution in [0, 0.1) is 5.92 Å². The van der Waals surface area contributed by atoms with Crippen LogP contribution < -0.4 is 0 Å². The third-order valence-electron chi connectivity index (χ3n) is 4.98. The Morgan fingerprint density at radius 1 is 1.10 bits per heavy atom. The molecule has 2 saturated heterocycles. The van der Waals surface area contributed by atoms with Gasteiger partial charge in [-0.2, -0.15) is 0 Å². The third-order valence-corrected chi connectivity index (χ3v) is 5.24. The highest BCUT2D eigenvalue weighted by Crippen LogP contribution is 2.48. The molecule has 21 heavy (non-hydrogen) atoms. The molecule has 1 aromatic carbocycles. The number of Topliss-reactive ketones (excluding diaryl/α,β-unsaturated/α-hetero) is 1. The van der Waals surface area contributed by atoms with Gasteiger partial charge in [-0.15, -0.1) is 0 Å². The molecule has 0 spiro atoms. The van der Waals surface area contributed by atoms with Gasteiger partial charge in [-0.3, -0.25) is 14.6 Å². The lowest BCUT2D eigenvalue weighted by atomic mass is 9.78. The summed E-state index contributed by atoms with van der Waals surface area (Å²) < 4.78 is 0. The van der Waals surface area contributed by atoms with Crippen molar-refractivity contribution in [1.82, 2.24) is 10.0 Å². The van der Waals surface area contributed by atoms with Crippen LogP contribution in [-0.2, 0) is 9.59 Å². The Kier molecular flexibility index (Phi) is 3.05. The van der Waals surface area contributed by atoms with Crippen molar-refractivity contribution in [3.05, 3.63) is 34.9 Å². The summed E-state index contributed by atoms with van der Waals surface area (Å²) in [5, 5.41) is 4.68. The van der Waals surface area contributed by atoms with Crippen molar-refractivity contribution in [3.63, 3.8) is 0 Å². The van der Waals surface area contributed by atoms with E-state index in [1.807, 2.05) is 29.3 Å². The lowest BCUT2D eigenvalue weighted by Gasteiger charge is -2.29. The van der Waals surface area contributed by atoms with Crippen LogP contribution in [-0.4, -0.2) is 34.3 Å². The van der Waals surface area contributed by atoms with E-state index in [0.717, 1.165) is 18.4 Å². The molecule has 2 aliphatic heterocycles. The second-order valence-corrected chi connectivity index (χ2v) is 6.54. The Balaban J connectivity index is 1.78. The van der Waals surface area contributed by atoms with Gasteiger partial charge in [0.1, 0.15) is 5.78 Å². The second-order valence-electron chi connectivity index (χ2n) is 6.10. The zero-order valence-electron chi connectivity index (χ0n) is 11.7. The number of rotatable bonds is 1. The Labute approximate surface area is 128 Å². The van der Waals surface area contributed by atoms with E-state index < -0.39 is 0 Å². The monoisotopic (exact) mass is 304 g/mol. The van der Waals surface area contributed by atoms with Crippen molar-refractivity contribution >= 4 is 23.3 Å². The van der Waals surface area contributed by atoms with E-state index in [4.69, 9.17) is 11.6 Å². The Bertz CT molecular complexity index is 601. The molecule has 110 valence electrons. The molecule has 3 atom stereocenters. The molecule has 4 nitrogen and oxygen atoms in total. The van der Waals surface area contributed by atoms with E-state index in [0.29, 0.717) is 30.2 Å². The number of hydrazine groups is 1. The standard InChI is InChI=1S/C16H17ClN2O2/c17-11-6-4-10(5-7-11)16-15-12(2-1-3-13(15)20)19-14(21)8-9-18(16)19/h4-7,12,15-16H,1-3,8-9H2/t12-,15-,16-/m1/s1. The number of fused-ring (bicyclic) bond motifs is 3. The quantitative estimate of drug-likeness (QED) is 0.800. The van der Waals surface area contributed by atoms with Gasteiger partial charge in [-0.05, 0) is 30.5 Å². The highest BCUT2D eigenvalue weighted by molar-refractivity contribution is 6.30. The normalized spacial score (nSPS) is 32.4. The van der Waals surface area contributed by atoms with Gasteiger partial charge in [-0.1, -0.05) is 23.7 Å². The first-order valence-electron chi connectivity index (χ1n) is 7.53. The van der Waals surface area contributed by atoms with Crippen LogP contribution in [0.5, 0.6) is 0 Å². The number of carbonyl (C=O) groups excluding carboxylic acids is 2. The van der Waals surface area contributed by atoms with Gasteiger partial charge in [0.2, 0.25) is 5.91 Å². The first-order valence-corrected chi connectivity index (χ1v) is 7.91. The maximum absolute atomic E-state index is 12.5. The molecule has 5 heteroatoms. The number of halogens is 1. The van der Waals surface area contributed by atoms with Crippen molar-refractivity contribution in [2.45, 2.75) is 37.8 Å². The van der Waals surface area contributed by atoms with Crippen molar-refractivity contribution in [1.29, 1.82) is 0 Å². The van der Waals surface area contributed by atoms with Crippen LogP contribution in [0.3, 0.4) is 0 Å². The predicted octanol–water partition coefficient (Wildman–Crippen LogP) is 2.58. The molecule has 1 saturated carbocycles. The summed E-state index contributed by atoms with van der Waals surface area (Å²) in [6.07, 6.45) is 3.02. The van der Waals surface area contributed by atoms with E-state index in [1.54, 1.807) is 0 Å². The average Bonchev–Trinajstić information content (AvgIpc) is 3.00. The highest BCUT2D eigenvalue weighted by Gasteiger charge is 2.55. The van der Waals surface area contributed by atoms with Crippen LogP contribution in [0.15, 0.2) is 24.3 Å². The molecule has 1 amide bonds. The number of amides is 1. The Hall–Kier alpha value is -1.39. The maximum atomic E-state index is 12.5. The van der Waals surface area contributed by atoms with Crippen LogP contribution in [0.4, 0.5) is 0 Å². The number of ketones is 1. The zero-order chi connectivity index (χ0) is 14.6. The fraction of sp³-hybridized carbons (Fsp3) is 0.500. The first-order chi connectivity index (χ1) is 10.2. The van der Waals surface area contributed by atoms with Crippen molar-refractivity contribution in [2.24, 2.45) is 5.92 Å². The topological polar surface area (TPSA) is 40.6 Å². The second kappa shape index (κ2) is 4.82. The van der Waals surface area contributed by atoms with E-state index in [1.165, 1.54) is 0 Å². The minimum atomic E-state index is -0.0795. The fourth-order valence-electron chi connectivity index (χ4n) is 4.16. The lowest BCUT2D eigenvalue weighted by molar-refractivity contribution is -0.139. The summed E-state index contributed by atoms with van der Waals surface area (Å²) in [5.74, 6) is 0.383. The smallest absolute Gasteiger partial charge is 0.238 e. The number of nitrogens with zero attached hydrogens (tertiary/aromatic N) is 2. The Morgan fingerprint density at radius 2 is 1.86 bits per heavy atom. The van der Waals surface area contributed by atoms with Crippen LogP contribution in [0.25, 0.3) is 0 Å². The molecule has 0 N–H and O–H groups in total. The molecule has 2 heterocycles. The number of hydrogen-bond donors (Lipinski definition) is 0. The minimum absolute atomic E-state index is 0.00785. The molecule has 4 rings (SSSR count). The number of benzene rings is 1. The molecule has 1 aliphatic carbocycles. The maximum Gasteiger partial charge on any atom is 0.238 e. The van der Waals surface area contributed by atoms with Gasteiger partial charge >= 0.3 is 0 Å². The minimum Gasteiger partial charge on any atom is -0.299 e. The molecule has 0 unspecified atom stereocenters. The summed E-state index contributed by atoms with van der Waals surface area (Å²) in [6, 6.07) is 7.74. The van der Waals surface area contributed by atoms with E-state index in [-0.39, 0.29) is 23.9 Å². The molecule has 0 aromatic heterocycles. The number of hydrogen-bond acceptors (Lipinski definition) is 3. The van der Waals surface area contributed by atoms with Gasteiger partial charge in [-0.25, -0.2) is 5.01 Å². The van der Waals surface area contributed by atoms with E-state index in [2.05, 4.69) is 5.01 Å². The van der Waals surface area contributed by atoms with Gasteiger partial charge < -0.3 is 0 Å². The lowest BCUT2D eigenvalue weighted by Crippen LogP contribution is -2.42. The van der Waals surface area contributed by atoms with Crippen LogP contribution in [0.2, 0.25) is 5.02 Å². The summed E-state index contributed by atoms with van der Waals surface area (Å²) in [7, 11) is 0. The van der Waals surface area contributed by atoms with Gasteiger partial charge in [0.25, 0.3) is 0 Å². The van der Waals surface area contributed by atoms with Crippen molar-refractivity contribution < 1.29 is 9.59 Å². The molecule has 0 bridgehead atoms. The Morgan fingerprint density at radius 3 is 2.62 bits per heavy atom. The van der Waals surface area contributed by atoms with Crippen LogP contribution >= 0.6 is 11.6 Å². The summed E-state index contributed by atoms with van der Waals surface area (Å²) >= 11 is 5.97. The first kappa shape index (κ1) is 13.3. The van der Waals surface area contributed by atoms with Crippen molar-refractivity contribution in [2.75, 3.05) is 6.54 Å². The van der Waals surface area contributed by atoms with Gasteiger partial charge in [0.15, 0.2) is 0 Å². The summed E-state index contributed by atoms with van der Waals surface area (Å²) in [6.45, 7) is 0.715. The van der Waals surface area contributed by atoms with Gasteiger partial charge in [0.05, 0.1) is 18.0 Å². The molecular formula is C16H17ClN2O2. The molecular weight excluding hydrogens is 288 g/mol. The fourth-order valence-corrected chi connectivity index (χ4v) is 4.28. The highest BCUT2D eigenvalue weighted by atomic mass is 35.5. The number of carbonyl (C=O) groups is 2. The summed E-state index contributed by atoms with van der Waals surface area (Å²) in [4.78, 5) is 24.7. The van der Waals surface area contributed by atoms with Crippen molar-refractivity contribution in [3.8, 4) is 0 Å². The van der Waals surface area contributed by atoms with Crippen LogP contribution in [0.1, 0.15) is 37.3 Å². The molecule has 3 aliphatic rings. The third kappa shape index (κ3) is 1.93. The van der Waals surface area contributed by atoms with E-state index in [9.17, 15) is 9.59 Å². The SMILES string of the molecule is O=C1CCC[C@@H]2[C@H]1[C@@H](c1ccc(Cl)cc1)N1CCC(=O)N21. The van der Waals surface area contributed by atoms with Gasteiger partial charge in [0, 0.05) is 24.4 Å². The molecule has 3 fully saturated rings. The largest absolute Gasteiger partial charge is 0.299 e. The zero-order valence-corrected chi connectivity index (χ0v) is 12.4. The molecule has 1 aromatic rings. The molecule has 0 radical (unpaired) electrons. The summed E-state index contributed by atoms with van der Waals surface area (Å²) in [5.41, 5.74) is 1.09. The average molecular weight is 305 g/mol. The van der Waals surface area contributed by atoms with E-state index >= 15 is 0 Å².